The maximum Gasteiger partial charge on any atom is 0.292 e. The number of nitrogens with zero attached hydrogens (tertiary/aromatic N) is 5. The first kappa shape index (κ1) is 19.4. The van der Waals surface area contributed by atoms with Crippen LogP contribution in [0.1, 0.15) is 10.5 Å². The molecule has 0 unspecified atom stereocenters. The van der Waals surface area contributed by atoms with Gasteiger partial charge in [-0.1, -0.05) is 12.1 Å². The number of carbonyl (C=O) groups is 1. The monoisotopic (exact) mass is 407 g/mol. The minimum atomic E-state index is -0.376. The Labute approximate surface area is 173 Å². The molecule has 0 atom stereocenters. The summed E-state index contributed by atoms with van der Waals surface area (Å²) in [4.78, 5) is 27.4. The van der Waals surface area contributed by atoms with Crippen molar-refractivity contribution < 1.29 is 14.5 Å². The van der Waals surface area contributed by atoms with E-state index in [-0.39, 0.29) is 16.5 Å². The number of amides is 1. The number of aromatic nitrogens is 2. The zero-order chi connectivity index (χ0) is 21.1. The Morgan fingerprint density at radius 1 is 1.03 bits per heavy atom. The number of anilines is 1. The van der Waals surface area contributed by atoms with E-state index in [0.29, 0.717) is 37.6 Å². The fourth-order valence-electron chi connectivity index (χ4n) is 3.52. The second-order valence-corrected chi connectivity index (χ2v) is 6.87. The Morgan fingerprint density at radius 3 is 2.40 bits per heavy atom. The predicted molar refractivity (Wildman–Crippen MR) is 111 cm³/mol. The molecule has 3 aromatic rings. The Morgan fingerprint density at radius 2 is 1.73 bits per heavy atom. The standard InChI is InChI=1S/C21H21N5O4/c1-30-17-8-6-16(7-9-17)25-11-10-18(22-25)21(27)24-14-12-23(13-15-24)19-4-2-3-5-20(19)26(28)29/h2-11H,12-15H2,1H3. The summed E-state index contributed by atoms with van der Waals surface area (Å²) < 4.78 is 6.81. The lowest BCUT2D eigenvalue weighted by Crippen LogP contribution is -2.49. The highest BCUT2D eigenvalue weighted by Gasteiger charge is 2.27. The molecule has 0 radical (unpaired) electrons. The van der Waals surface area contributed by atoms with Crippen LogP contribution in [0.4, 0.5) is 11.4 Å². The molecule has 4 rings (SSSR count). The highest BCUT2D eigenvalue weighted by Crippen LogP contribution is 2.28. The highest BCUT2D eigenvalue weighted by molar-refractivity contribution is 5.92. The zero-order valence-corrected chi connectivity index (χ0v) is 16.5. The van der Waals surface area contributed by atoms with Gasteiger partial charge in [-0.05, 0) is 36.4 Å². The molecule has 9 nitrogen and oxygen atoms in total. The second kappa shape index (κ2) is 8.24. The maximum absolute atomic E-state index is 12.9. The van der Waals surface area contributed by atoms with Gasteiger partial charge in [-0.2, -0.15) is 5.10 Å². The molecule has 1 aliphatic heterocycles. The van der Waals surface area contributed by atoms with Crippen molar-refractivity contribution in [2.45, 2.75) is 0 Å². The highest BCUT2D eigenvalue weighted by atomic mass is 16.6. The fraction of sp³-hybridized carbons (Fsp3) is 0.238. The predicted octanol–water partition coefficient (Wildman–Crippen LogP) is 2.75. The average molecular weight is 407 g/mol. The fourth-order valence-corrected chi connectivity index (χ4v) is 3.52. The van der Waals surface area contributed by atoms with Crippen molar-refractivity contribution >= 4 is 17.3 Å². The number of benzene rings is 2. The number of nitro groups is 1. The van der Waals surface area contributed by atoms with Crippen LogP contribution in [0.15, 0.2) is 60.8 Å². The number of hydrogen-bond acceptors (Lipinski definition) is 6. The third kappa shape index (κ3) is 3.82. The molecule has 9 heteroatoms. The maximum atomic E-state index is 12.9. The van der Waals surface area contributed by atoms with Crippen molar-refractivity contribution in [1.29, 1.82) is 0 Å². The normalized spacial score (nSPS) is 13.9. The lowest BCUT2D eigenvalue weighted by atomic mass is 10.2. The number of piperazine rings is 1. The molecule has 1 amide bonds. The first-order valence-corrected chi connectivity index (χ1v) is 9.54. The van der Waals surface area contributed by atoms with Crippen molar-refractivity contribution in [3.63, 3.8) is 0 Å². The smallest absolute Gasteiger partial charge is 0.292 e. The van der Waals surface area contributed by atoms with E-state index in [2.05, 4.69) is 5.10 Å². The molecule has 1 saturated heterocycles. The number of nitro benzene ring substituents is 1. The van der Waals surface area contributed by atoms with Gasteiger partial charge in [0, 0.05) is 38.4 Å². The van der Waals surface area contributed by atoms with E-state index in [9.17, 15) is 14.9 Å². The number of ether oxygens (including phenoxy) is 1. The molecule has 1 aliphatic rings. The average Bonchev–Trinajstić information content (AvgIpc) is 3.29. The van der Waals surface area contributed by atoms with Gasteiger partial charge in [0.2, 0.25) is 0 Å². The summed E-state index contributed by atoms with van der Waals surface area (Å²) in [5.74, 6) is 0.600. The third-order valence-corrected chi connectivity index (χ3v) is 5.13. The summed E-state index contributed by atoms with van der Waals surface area (Å²) in [6, 6.07) is 15.8. The van der Waals surface area contributed by atoms with Gasteiger partial charge in [0.15, 0.2) is 5.69 Å². The first-order valence-electron chi connectivity index (χ1n) is 9.54. The van der Waals surface area contributed by atoms with Gasteiger partial charge in [-0.15, -0.1) is 0 Å². The molecule has 2 aromatic carbocycles. The summed E-state index contributed by atoms with van der Waals surface area (Å²) in [7, 11) is 1.61. The number of para-hydroxylation sites is 2. The molecule has 1 fully saturated rings. The molecular formula is C21H21N5O4. The summed E-state index contributed by atoms with van der Waals surface area (Å²) in [6.07, 6.45) is 1.75. The van der Waals surface area contributed by atoms with E-state index < -0.39 is 0 Å². The van der Waals surface area contributed by atoms with Crippen LogP contribution in [0.5, 0.6) is 5.75 Å². The molecule has 0 N–H and O–H groups in total. The molecule has 0 saturated carbocycles. The first-order chi connectivity index (χ1) is 14.6. The van der Waals surface area contributed by atoms with E-state index in [1.807, 2.05) is 29.2 Å². The molecule has 0 bridgehead atoms. The molecule has 0 spiro atoms. The molecule has 30 heavy (non-hydrogen) atoms. The lowest BCUT2D eigenvalue weighted by Gasteiger charge is -2.35. The van der Waals surface area contributed by atoms with Crippen molar-refractivity contribution in [2.75, 3.05) is 38.2 Å². The third-order valence-electron chi connectivity index (χ3n) is 5.13. The van der Waals surface area contributed by atoms with Crippen molar-refractivity contribution in [1.82, 2.24) is 14.7 Å². The van der Waals surface area contributed by atoms with Crippen molar-refractivity contribution in [3.05, 3.63) is 76.6 Å². The van der Waals surface area contributed by atoms with E-state index in [4.69, 9.17) is 4.74 Å². The van der Waals surface area contributed by atoms with Gasteiger partial charge in [0.1, 0.15) is 11.4 Å². The Bertz CT molecular complexity index is 1060. The van der Waals surface area contributed by atoms with Crippen LogP contribution in [0.3, 0.4) is 0 Å². The van der Waals surface area contributed by atoms with Crippen molar-refractivity contribution in [2.24, 2.45) is 0 Å². The molecule has 0 aliphatic carbocycles. The van der Waals surface area contributed by atoms with Crippen LogP contribution >= 0.6 is 0 Å². The second-order valence-electron chi connectivity index (χ2n) is 6.87. The van der Waals surface area contributed by atoms with Gasteiger partial charge >= 0.3 is 0 Å². The molecule has 154 valence electrons. The summed E-state index contributed by atoms with van der Waals surface area (Å²) >= 11 is 0. The summed E-state index contributed by atoms with van der Waals surface area (Å²) in [6.45, 7) is 1.99. The van der Waals surface area contributed by atoms with E-state index >= 15 is 0 Å². The minimum absolute atomic E-state index is 0.0792. The van der Waals surface area contributed by atoms with Crippen LogP contribution in [0.25, 0.3) is 5.69 Å². The van der Waals surface area contributed by atoms with Crippen LogP contribution in [-0.2, 0) is 0 Å². The molecule has 1 aromatic heterocycles. The Balaban J connectivity index is 1.42. The van der Waals surface area contributed by atoms with Gasteiger partial charge in [-0.25, -0.2) is 4.68 Å². The summed E-state index contributed by atoms with van der Waals surface area (Å²) in [5.41, 5.74) is 1.86. The number of hydrogen-bond donors (Lipinski definition) is 0. The van der Waals surface area contributed by atoms with Gasteiger partial charge in [0.05, 0.1) is 17.7 Å². The topological polar surface area (TPSA) is 93.7 Å². The van der Waals surface area contributed by atoms with Gasteiger partial charge in [-0.3, -0.25) is 14.9 Å². The number of rotatable bonds is 5. The van der Waals surface area contributed by atoms with Crippen LogP contribution < -0.4 is 9.64 Å². The molecule has 2 heterocycles. The van der Waals surface area contributed by atoms with E-state index in [1.165, 1.54) is 6.07 Å². The van der Waals surface area contributed by atoms with Crippen LogP contribution in [0.2, 0.25) is 0 Å². The molecular weight excluding hydrogens is 386 g/mol. The number of methoxy groups -OCH3 is 1. The summed E-state index contributed by atoms with van der Waals surface area (Å²) in [5, 5.41) is 15.7. The van der Waals surface area contributed by atoms with Crippen molar-refractivity contribution in [3.8, 4) is 11.4 Å². The van der Waals surface area contributed by atoms with E-state index in [0.717, 1.165) is 11.4 Å². The number of carbonyl (C=O) groups excluding carboxylic acids is 1. The van der Waals surface area contributed by atoms with Gasteiger partial charge in [0.25, 0.3) is 11.6 Å². The van der Waals surface area contributed by atoms with Crippen LogP contribution in [-0.4, -0.2) is 58.8 Å². The SMILES string of the molecule is COc1ccc(-n2ccc(C(=O)N3CCN(c4ccccc4[N+](=O)[O-])CC3)n2)cc1. The zero-order valence-electron chi connectivity index (χ0n) is 16.5. The Hall–Kier alpha value is -3.88. The quantitative estimate of drug-likeness (QED) is 0.477. The van der Waals surface area contributed by atoms with Gasteiger partial charge < -0.3 is 14.5 Å². The lowest BCUT2D eigenvalue weighted by molar-refractivity contribution is -0.384. The van der Waals surface area contributed by atoms with E-state index in [1.54, 1.807) is 47.2 Å². The minimum Gasteiger partial charge on any atom is -0.497 e. The van der Waals surface area contributed by atoms with Crippen LogP contribution in [0, 0.1) is 10.1 Å². The Kier molecular flexibility index (Phi) is 5.34. The largest absolute Gasteiger partial charge is 0.497 e.